The number of sulfonamides is 1. The quantitative estimate of drug-likeness (QED) is 0.931. The van der Waals surface area contributed by atoms with Crippen molar-refractivity contribution < 1.29 is 8.42 Å². The highest BCUT2D eigenvalue weighted by Gasteiger charge is 2.18. The molecule has 3 rings (SSSR count). The molecule has 0 saturated heterocycles. The summed E-state index contributed by atoms with van der Waals surface area (Å²) in [5, 5.41) is 0. The Labute approximate surface area is 132 Å². The maximum absolute atomic E-state index is 12.6. The standard InChI is InChI=1S/C18H21NO2S/c1-13-7-10-18(14(2)11-13)19-22(20,21)17-9-8-15-5-3-4-6-16(15)12-17/h7-12,19H,3-6H2,1-2H3. The predicted octanol–water partition coefficient (Wildman–Crippen LogP) is 3.98. The van der Waals surface area contributed by atoms with Crippen molar-refractivity contribution >= 4 is 15.7 Å². The lowest BCUT2D eigenvalue weighted by Crippen LogP contribution is -2.15. The number of fused-ring (bicyclic) bond motifs is 1. The van der Waals surface area contributed by atoms with Crippen molar-refractivity contribution in [2.45, 2.75) is 44.4 Å². The van der Waals surface area contributed by atoms with Gasteiger partial charge in [0.2, 0.25) is 0 Å². The Morgan fingerprint density at radius 1 is 0.909 bits per heavy atom. The molecule has 1 aliphatic rings. The summed E-state index contributed by atoms with van der Waals surface area (Å²) in [4.78, 5) is 0.355. The molecule has 116 valence electrons. The molecule has 0 aromatic heterocycles. The minimum Gasteiger partial charge on any atom is -0.279 e. The van der Waals surface area contributed by atoms with Crippen LogP contribution in [0, 0.1) is 13.8 Å². The number of benzene rings is 2. The zero-order valence-electron chi connectivity index (χ0n) is 13.0. The summed E-state index contributed by atoms with van der Waals surface area (Å²) in [5.74, 6) is 0. The third-order valence-corrected chi connectivity index (χ3v) is 5.62. The third-order valence-electron chi connectivity index (χ3n) is 4.26. The molecule has 3 nitrogen and oxygen atoms in total. The number of hydrogen-bond donors (Lipinski definition) is 1. The number of rotatable bonds is 3. The van der Waals surface area contributed by atoms with Crippen LogP contribution in [0.3, 0.4) is 0 Å². The van der Waals surface area contributed by atoms with Crippen molar-refractivity contribution in [1.29, 1.82) is 0 Å². The van der Waals surface area contributed by atoms with E-state index in [4.69, 9.17) is 0 Å². The molecule has 0 unspecified atom stereocenters. The summed E-state index contributed by atoms with van der Waals surface area (Å²) in [6, 6.07) is 11.2. The van der Waals surface area contributed by atoms with Crippen molar-refractivity contribution in [2.75, 3.05) is 4.72 Å². The van der Waals surface area contributed by atoms with Gasteiger partial charge in [-0.05, 0) is 74.4 Å². The monoisotopic (exact) mass is 315 g/mol. The minimum atomic E-state index is -3.53. The molecular formula is C18H21NO2S. The highest BCUT2D eigenvalue weighted by molar-refractivity contribution is 7.92. The second-order valence-corrected chi connectivity index (χ2v) is 7.74. The maximum atomic E-state index is 12.6. The molecule has 4 heteroatoms. The van der Waals surface area contributed by atoms with Gasteiger partial charge >= 0.3 is 0 Å². The van der Waals surface area contributed by atoms with E-state index in [-0.39, 0.29) is 0 Å². The van der Waals surface area contributed by atoms with Gasteiger partial charge in [0.05, 0.1) is 10.6 Å². The van der Waals surface area contributed by atoms with Crippen molar-refractivity contribution in [3.05, 3.63) is 58.7 Å². The first-order valence-electron chi connectivity index (χ1n) is 7.67. The fourth-order valence-corrected chi connectivity index (χ4v) is 4.19. The number of nitrogens with one attached hydrogen (secondary N) is 1. The third kappa shape index (κ3) is 3.02. The number of hydrogen-bond acceptors (Lipinski definition) is 2. The van der Waals surface area contributed by atoms with Crippen LogP contribution in [0.25, 0.3) is 0 Å². The molecule has 0 bridgehead atoms. The molecule has 22 heavy (non-hydrogen) atoms. The van der Waals surface area contributed by atoms with E-state index in [9.17, 15) is 8.42 Å². The van der Waals surface area contributed by atoms with E-state index < -0.39 is 10.0 Å². The van der Waals surface area contributed by atoms with E-state index in [0.29, 0.717) is 10.6 Å². The van der Waals surface area contributed by atoms with Crippen molar-refractivity contribution in [3.8, 4) is 0 Å². The SMILES string of the molecule is Cc1ccc(NS(=O)(=O)c2ccc3c(c2)CCCC3)c(C)c1. The Morgan fingerprint density at radius 2 is 1.64 bits per heavy atom. The minimum absolute atomic E-state index is 0.355. The second kappa shape index (κ2) is 5.76. The molecular weight excluding hydrogens is 294 g/mol. The molecule has 1 N–H and O–H groups in total. The van der Waals surface area contributed by atoms with E-state index in [1.165, 1.54) is 17.5 Å². The summed E-state index contributed by atoms with van der Waals surface area (Å²) in [7, 11) is -3.53. The van der Waals surface area contributed by atoms with Crippen LogP contribution in [-0.4, -0.2) is 8.42 Å². The van der Waals surface area contributed by atoms with E-state index in [2.05, 4.69) is 4.72 Å². The van der Waals surface area contributed by atoms with Crippen LogP contribution < -0.4 is 4.72 Å². The Balaban J connectivity index is 1.92. The summed E-state index contributed by atoms with van der Waals surface area (Å²) in [6.45, 7) is 3.91. The molecule has 0 saturated carbocycles. The normalized spacial score (nSPS) is 14.5. The van der Waals surface area contributed by atoms with Gasteiger partial charge in [-0.25, -0.2) is 8.42 Å². The first-order valence-corrected chi connectivity index (χ1v) is 9.16. The summed E-state index contributed by atoms with van der Waals surface area (Å²) >= 11 is 0. The summed E-state index contributed by atoms with van der Waals surface area (Å²) < 4.78 is 27.9. The Hall–Kier alpha value is -1.81. The fourth-order valence-electron chi connectivity index (χ4n) is 3.01. The zero-order chi connectivity index (χ0) is 15.7. The van der Waals surface area contributed by atoms with Gasteiger partial charge in [-0.15, -0.1) is 0 Å². The van der Waals surface area contributed by atoms with E-state index in [0.717, 1.165) is 30.4 Å². The van der Waals surface area contributed by atoms with Crippen molar-refractivity contribution in [1.82, 2.24) is 0 Å². The van der Waals surface area contributed by atoms with Gasteiger partial charge in [0.1, 0.15) is 0 Å². The predicted molar refractivity (Wildman–Crippen MR) is 89.8 cm³/mol. The molecule has 0 fully saturated rings. The summed E-state index contributed by atoms with van der Waals surface area (Å²) in [5.41, 5.74) is 5.16. The van der Waals surface area contributed by atoms with Crippen molar-refractivity contribution in [3.63, 3.8) is 0 Å². The lowest BCUT2D eigenvalue weighted by molar-refractivity contribution is 0.600. The Bertz CT molecular complexity index is 810. The maximum Gasteiger partial charge on any atom is 0.261 e. The van der Waals surface area contributed by atoms with E-state index >= 15 is 0 Å². The van der Waals surface area contributed by atoms with Gasteiger partial charge < -0.3 is 0 Å². The Kier molecular flexibility index (Phi) is 3.96. The zero-order valence-corrected chi connectivity index (χ0v) is 13.8. The fraction of sp³-hybridized carbons (Fsp3) is 0.333. The van der Waals surface area contributed by atoms with Crippen LogP contribution in [0.5, 0.6) is 0 Å². The molecule has 1 aliphatic carbocycles. The lowest BCUT2D eigenvalue weighted by atomic mass is 9.92. The van der Waals surface area contributed by atoms with Crippen LogP contribution in [-0.2, 0) is 22.9 Å². The van der Waals surface area contributed by atoms with E-state index in [1.807, 2.05) is 44.2 Å². The van der Waals surface area contributed by atoms with Gasteiger partial charge in [0, 0.05) is 0 Å². The molecule has 2 aromatic rings. The van der Waals surface area contributed by atoms with Crippen LogP contribution in [0.15, 0.2) is 41.3 Å². The molecule has 0 atom stereocenters. The average Bonchev–Trinajstić information content (AvgIpc) is 2.49. The first kappa shape index (κ1) is 15.1. The molecule has 0 heterocycles. The highest BCUT2D eigenvalue weighted by Crippen LogP contribution is 2.26. The van der Waals surface area contributed by atoms with Crippen LogP contribution in [0.1, 0.15) is 35.1 Å². The van der Waals surface area contributed by atoms with Gasteiger partial charge in [0.15, 0.2) is 0 Å². The molecule has 0 aliphatic heterocycles. The average molecular weight is 315 g/mol. The second-order valence-electron chi connectivity index (χ2n) is 6.06. The van der Waals surface area contributed by atoms with Gasteiger partial charge in [-0.1, -0.05) is 23.8 Å². The van der Waals surface area contributed by atoms with Crippen LogP contribution >= 0.6 is 0 Å². The molecule has 2 aromatic carbocycles. The summed E-state index contributed by atoms with van der Waals surface area (Å²) in [6.07, 6.45) is 4.36. The Morgan fingerprint density at radius 3 is 2.36 bits per heavy atom. The van der Waals surface area contributed by atoms with Gasteiger partial charge in [-0.2, -0.15) is 0 Å². The van der Waals surface area contributed by atoms with Crippen LogP contribution in [0.2, 0.25) is 0 Å². The molecule has 0 spiro atoms. The molecule has 0 radical (unpaired) electrons. The molecule has 0 amide bonds. The first-order chi connectivity index (χ1) is 10.5. The van der Waals surface area contributed by atoms with Crippen LogP contribution in [0.4, 0.5) is 5.69 Å². The van der Waals surface area contributed by atoms with E-state index in [1.54, 1.807) is 6.07 Å². The highest BCUT2D eigenvalue weighted by atomic mass is 32.2. The van der Waals surface area contributed by atoms with Gasteiger partial charge in [-0.3, -0.25) is 4.72 Å². The van der Waals surface area contributed by atoms with Crippen molar-refractivity contribution in [2.24, 2.45) is 0 Å². The topological polar surface area (TPSA) is 46.2 Å². The number of aryl methyl sites for hydroxylation is 4. The van der Waals surface area contributed by atoms with Gasteiger partial charge in [0.25, 0.3) is 10.0 Å². The number of anilines is 1. The smallest absolute Gasteiger partial charge is 0.261 e. The largest absolute Gasteiger partial charge is 0.279 e. The lowest BCUT2D eigenvalue weighted by Gasteiger charge is -2.17.